The molecule has 2 aromatic heterocycles. The lowest BCUT2D eigenvalue weighted by molar-refractivity contribution is 0.208. The minimum absolute atomic E-state index is 0.220. The summed E-state index contributed by atoms with van der Waals surface area (Å²) in [5, 5.41) is 14.3. The molecule has 0 saturated carbocycles. The first kappa shape index (κ1) is 15.9. The zero-order valence-corrected chi connectivity index (χ0v) is 15.0. The van der Waals surface area contributed by atoms with Gasteiger partial charge in [0.2, 0.25) is 0 Å². The number of aliphatic hydroxyl groups excluding tert-OH is 1. The first-order chi connectivity index (χ1) is 12.7. The Morgan fingerprint density at radius 3 is 3.00 bits per heavy atom. The lowest BCUT2D eigenvalue weighted by Crippen LogP contribution is -2.36. The number of fused-ring (bicyclic) bond motifs is 6. The molecule has 2 aromatic carbocycles. The number of halogens is 1. The van der Waals surface area contributed by atoms with E-state index in [1.165, 1.54) is 6.07 Å². The largest absolute Gasteiger partial charge is 0.396 e. The molecule has 4 aromatic rings. The number of thiazole rings is 1. The van der Waals surface area contributed by atoms with Gasteiger partial charge in [-0.2, -0.15) is 0 Å². The Hall–Kier alpha value is -2.31. The molecule has 1 saturated heterocycles. The van der Waals surface area contributed by atoms with Crippen molar-refractivity contribution in [1.29, 1.82) is 0 Å². The van der Waals surface area contributed by atoms with Crippen molar-refractivity contribution in [2.75, 3.05) is 24.6 Å². The molecular formula is C20H18FN3OS. The van der Waals surface area contributed by atoms with Crippen molar-refractivity contribution in [2.24, 2.45) is 5.92 Å². The zero-order valence-electron chi connectivity index (χ0n) is 14.2. The Morgan fingerprint density at radius 1 is 1.19 bits per heavy atom. The van der Waals surface area contributed by atoms with Gasteiger partial charge < -0.3 is 10.0 Å². The summed E-state index contributed by atoms with van der Waals surface area (Å²) in [4.78, 5) is 11.4. The van der Waals surface area contributed by atoms with Gasteiger partial charge in [-0.15, -0.1) is 0 Å². The maximum Gasteiger partial charge on any atom is 0.186 e. The highest BCUT2D eigenvalue weighted by Gasteiger charge is 2.23. The van der Waals surface area contributed by atoms with Crippen LogP contribution in [0.15, 0.2) is 36.7 Å². The lowest BCUT2D eigenvalue weighted by Gasteiger charge is -2.31. The van der Waals surface area contributed by atoms with E-state index in [2.05, 4.69) is 9.88 Å². The summed E-state index contributed by atoms with van der Waals surface area (Å²) in [6, 6.07) is 6.86. The van der Waals surface area contributed by atoms with Crippen molar-refractivity contribution < 1.29 is 9.50 Å². The van der Waals surface area contributed by atoms with Gasteiger partial charge >= 0.3 is 0 Å². The van der Waals surface area contributed by atoms with Crippen LogP contribution in [0.5, 0.6) is 0 Å². The standard InChI is InChI=1S/C20H18FN3OS/c21-13-3-4-14-16(8-13)17-9-22-6-5-15(17)19-18(14)23-20(26-19)24-7-1-2-12(10-24)11-25/h3-6,8-9,12,25H,1-2,7,10-11H2. The number of pyridine rings is 1. The van der Waals surface area contributed by atoms with Gasteiger partial charge in [0.05, 0.1) is 10.2 Å². The molecular weight excluding hydrogens is 349 g/mol. The summed E-state index contributed by atoms with van der Waals surface area (Å²) >= 11 is 1.68. The Kier molecular flexibility index (Phi) is 3.76. The van der Waals surface area contributed by atoms with Gasteiger partial charge in [0.15, 0.2) is 5.13 Å². The number of benzene rings is 2. The number of rotatable bonds is 2. The van der Waals surface area contributed by atoms with E-state index in [0.717, 1.165) is 62.8 Å². The van der Waals surface area contributed by atoms with Gasteiger partial charge in [0, 0.05) is 48.2 Å². The van der Waals surface area contributed by atoms with Crippen molar-refractivity contribution in [3.63, 3.8) is 0 Å². The molecule has 26 heavy (non-hydrogen) atoms. The van der Waals surface area contributed by atoms with Crippen molar-refractivity contribution >= 4 is 48.2 Å². The van der Waals surface area contributed by atoms with Crippen LogP contribution >= 0.6 is 11.3 Å². The number of hydrogen-bond acceptors (Lipinski definition) is 5. The highest BCUT2D eigenvalue weighted by Crippen LogP contribution is 2.40. The third kappa shape index (κ3) is 2.44. The molecule has 0 aliphatic carbocycles. The molecule has 1 unspecified atom stereocenters. The summed E-state index contributed by atoms with van der Waals surface area (Å²) in [7, 11) is 0. The molecule has 132 valence electrons. The molecule has 5 rings (SSSR count). The molecule has 0 bridgehead atoms. The number of aliphatic hydroxyl groups is 1. The quantitative estimate of drug-likeness (QED) is 0.535. The predicted octanol–water partition coefficient (Wildman–Crippen LogP) is 4.35. The molecule has 1 fully saturated rings. The summed E-state index contributed by atoms with van der Waals surface area (Å²) in [6.07, 6.45) is 5.71. The fraction of sp³-hybridized carbons (Fsp3) is 0.300. The SMILES string of the molecule is OCC1CCCN(c2nc3c4ccc(F)cc4c4cnccc4c3s2)C1. The fourth-order valence-corrected chi connectivity index (χ4v) is 5.10. The normalized spacial score (nSPS) is 18.2. The summed E-state index contributed by atoms with van der Waals surface area (Å²) in [6.45, 7) is 2.02. The third-order valence-corrected chi connectivity index (χ3v) is 6.41. The number of piperidine rings is 1. The van der Waals surface area contributed by atoms with E-state index in [1.807, 2.05) is 12.1 Å². The van der Waals surface area contributed by atoms with Crippen LogP contribution in [0.4, 0.5) is 9.52 Å². The van der Waals surface area contributed by atoms with Crippen LogP contribution in [0, 0.1) is 11.7 Å². The van der Waals surface area contributed by atoms with E-state index in [1.54, 1.807) is 29.8 Å². The van der Waals surface area contributed by atoms with E-state index in [0.29, 0.717) is 5.92 Å². The molecule has 1 atom stereocenters. The number of anilines is 1. The monoisotopic (exact) mass is 367 g/mol. The average Bonchev–Trinajstić information content (AvgIpc) is 3.14. The molecule has 1 aliphatic heterocycles. The fourth-order valence-electron chi connectivity index (χ4n) is 3.95. The van der Waals surface area contributed by atoms with Crippen molar-refractivity contribution in [2.45, 2.75) is 12.8 Å². The van der Waals surface area contributed by atoms with E-state index in [9.17, 15) is 9.50 Å². The molecule has 4 nitrogen and oxygen atoms in total. The maximum atomic E-state index is 13.9. The second-order valence-corrected chi connectivity index (χ2v) is 7.90. The van der Waals surface area contributed by atoms with Crippen LogP contribution in [-0.2, 0) is 0 Å². The molecule has 3 heterocycles. The first-order valence-electron chi connectivity index (χ1n) is 8.86. The van der Waals surface area contributed by atoms with Crippen LogP contribution in [0.3, 0.4) is 0 Å². The molecule has 0 amide bonds. The number of hydrogen-bond donors (Lipinski definition) is 1. The maximum absolute atomic E-state index is 13.9. The third-order valence-electron chi connectivity index (χ3n) is 5.26. The van der Waals surface area contributed by atoms with E-state index < -0.39 is 0 Å². The molecule has 0 spiro atoms. The minimum Gasteiger partial charge on any atom is -0.396 e. The van der Waals surface area contributed by atoms with Crippen LogP contribution in [0.2, 0.25) is 0 Å². The summed E-state index contributed by atoms with van der Waals surface area (Å²) in [5.74, 6) is 0.0572. The van der Waals surface area contributed by atoms with Crippen molar-refractivity contribution in [3.8, 4) is 0 Å². The number of nitrogens with zero attached hydrogens (tertiary/aromatic N) is 3. The second-order valence-electron chi connectivity index (χ2n) is 6.92. The van der Waals surface area contributed by atoms with Gasteiger partial charge in [0.25, 0.3) is 0 Å². The minimum atomic E-state index is -0.251. The van der Waals surface area contributed by atoms with Crippen LogP contribution in [-0.4, -0.2) is 34.8 Å². The Bertz CT molecular complexity index is 1130. The highest BCUT2D eigenvalue weighted by molar-refractivity contribution is 7.23. The number of aromatic nitrogens is 2. The lowest BCUT2D eigenvalue weighted by atomic mass is 10.00. The second kappa shape index (κ2) is 6.14. The Morgan fingerprint density at radius 2 is 2.12 bits per heavy atom. The molecule has 1 N–H and O–H groups in total. The molecule has 0 radical (unpaired) electrons. The van der Waals surface area contributed by atoms with Crippen LogP contribution in [0.1, 0.15) is 12.8 Å². The highest BCUT2D eigenvalue weighted by atomic mass is 32.1. The summed E-state index contributed by atoms with van der Waals surface area (Å²) in [5.41, 5.74) is 0.921. The molecule has 1 aliphatic rings. The average molecular weight is 367 g/mol. The van der Waals surface area contributed by atoms with Crippen molar-refractivity contribution in [1.82, 2.24) is 9.97 Å². The zero-order chi connectivity index (χ0) is 17.7. The summed E-state index contributed by atoms with van der Waals surface area (Å²) < 4.78 is 15.0. The molecule has 6 heteroatoms. The van der Waals surface area contributed by atoms with E-state index in [4.69, 9.17) is 4.98 Å². The Labute approximate surface area is 153 Å². The van der Waals surface area contributed by atoms with Crippen LogP contribution < -0.4 is 4.90 Å². The van der Waals surface area contributed by atoms with Crippen molar-refractivity contribution in [3.05, 3.63) is 42.5 Å². The van der Waals surface area contributed by atoms with Gasteiger partial charge in [-0.25, -0.2) is 9.37 Å². The van der Waals surface area contributed by atoms with E-state index in [-0.39, 0.29) is 12.4 Å². The van der Waals surface area contributed by atoms with Gasteiger partial charge in [-0.05, 0) is 48.4 Å². The first-order valence-corrected chi connectivity index (χ1v) is 9.67. The van der Waals surface area contributed by atoms with E-state index >= 15 is 0 Å². The topological polar surface area (TPSA) is 49.2 Å². The predicted molar refractivity (Wildman–Crippen MR) is 104 cm³/mol. The van der Waals surface area contributed by atoms with Gasteiger partial charge in [-0.3, -0.25) is 4.98 Å². The smallest absolute Gasteiger partial charge is 0.186 e. The van der Waals surface area contributed by atoms with Gasteiger partial charge in [-0.1, -0.05) is 11.3 Å². The Balaban J connectivity index is 1.77. The van der Waals surface area contributed by atoms with Gasteiger partial charge in [0.1, 0.15) is 5.82 Å². The van der Waals surface area contributed by atoms with Crippen LogP contribution in [0.25, 0.3) is 31.8 Å².